The van der Waals surface area contributed by atoms with E-state index in [4.69, 9.17) is 0 Å². The minimum atomic E-state index is -0.984. The maximum Gasteiger partial charge on any atom is 0.263 e. The number of benzene rings is 1. The molecule has 0 aliphatic heterocycles. The monoisotopic (exact) mass is 246 g/mol. The first-order valence-corrected chi connectivity index (χ1v) is 5.68. The Morgan fingerprint density at radius 3 is 2.11 bits per heavy atom. The van der Waals surface area contributed by atoms with Crippen LogP contribution in [0.1, 0.15) is 36.5 Å². The molecule has 1 rings (SSSR count). The van der Waals surface area contributed by atoms with E-state index in [9.17, 15) is 19.2 Å². The standard InChI is InChI=1S/C14H14O4/c1-10(15)14(18)13(17)9-5-8-12(16)11-6-3-2-4-7-11/h2-4,6-7H,5,8-9H2,1H3. The van der Waals surface area contributed by atoms with Gasteiger partial charge in [0.2, 0.25) is 11.6 Å². The second-order valence-corrected chi connectivity index (χ2v) is 3.95. The summed E-state index contributed by atoms with van der Waals surface area (Å²) in [6.45, 7) is 1.06. The van der Waals surface area contributed by atoms with Crippen molar-refractivity contribution in [1.82, 2.24) is 0 Å². The summed E-state index contributed by atoms with van der Waals surface area (Å²) in [4.78, 5) is 44.6. The van der Waals surface area contributed by atoms with Crippen LogP contribution in [0.4, 0.5) is 0 Å². The van der Waals surface area contributed by atoms with Crippen LogP contribution >= 0.6 is 0 Å². The third-order valence-electron chi connectivity index (χ3n) is 2.48. The quantitative estimate of drug-likeness (QED) is 0.417. The van der Waals surface area contributed by atoms with Crippen molar-refractivity contribution in [3.05, 3.63) is 35.9 Å². The molecular weight excluding hydrogens is 232 g/mol. The summed E-state index contributed by atoms with van der Waals surface area (Å²) in [5, 5.41) is 0. The lowest BCUT2D eigenvalue weighted by Gasteiger charge is -2.00. The van der Waals surface area contributed by atoms with Gasteiger partial charge in [0.05, 0.1) is 0 Å². The molecule has 0 bridgehead atoms. The molecule has 0 atom stereocenters. The molecular formula is C14H14O4. The summed E-state index contributed by atoms with van der Waals surface area (Å²) in [6.07, 6.45) is 0.420. The number of carbonyl (C=O) groups is 4. The lowest BCUT2D eigenvalue weighted by atomic mass is 10.0. The van der Waals surface area contributed by atoms with Crippen LogP contribution in [-0.4, -0.2) is 23.1 Å². The van der Waals surface area contributed by atoms with E-state index >= 15 is 0 Å². The van der Waals surface area contributed by atoms with Gasteiger partial charge < -0.3 is 0 Å². The molecule has 0 fully saturated rings. The van der Waals surface area contributed by atoms with E-state index in [2.05, 4.69) is 0 Å². The molecule has 0 radical (unpaired) electrons. The summed E-state index contributed by atoms with van der Waals surface area (Å²) in [6, 6.07) is 8.73. The molecule has 1 aromatic carbocycles. The first kappa shape index (κ1) is 14.0. The molecule has 94 valence electrons. The Morgan fingerprint density at radius 1 is 0.944 bits per heavy atom. The van der Waals surface area contributed by atoms with Crippen LogP contribution in [-0.2, 0) is 14.4 Å². The Balaban J connectivity index is 2.39. The zero-order chi connectivity index (χ0) is 13.5. The summed E-state index contributed by atoms with van der Waals surface area (Å²) in [5.74, 6) is -2.53. The van der Waals surface area contributed by atoms with Crippen LogP contribution in [0, 0.1) is 0 Å². The number of hydrogen-bond acceptors (Lipinski definition) is 4. The van der Waals surface area contributed by atoms with Crippen molar-refractivity contribution in [2.24, 2.45) is 0 Å². The van der Waals surface area contributed by atoms with E-state index in [0.29, 0.717) is 5.56 Å². The van der Waals surface area contributed by atoms with Crippen molar-refractivity contribution in [1.29, 1.82) is 0 Å². The number of Topliss-reactive ketones (excluding diaryl/α,β-unsaturated/α-hetero) is 4. The fraction of sp³-hybridized carbons (Fsp3) is 0.286. The van der Waals surface area contributed by atoms with Crippen LogP contribution < -0.4 is 0 Å². The van der Waals surface area contributed by atoms with E-state index in [0.717, 1.165) is 6.92 Å². The van der Waals surface area contributed by atoms with Crippen molar-refractivity contribution < 1.29 is 19.2 Å². The van der Waals surface area contributed by atoms with E-state index in [1.165, 1.54) is 0 Å². The smallest absolute Gasteiger partial charge is 0.263 e. The SMILES string of the molecule is CC(=O)C(=O)C(=O)CCCC(=O)c1ccccc1. The van der Waals surface area contributed by atoms with Gasteiger partial charge in [-0.25, -0.2) is 0 Å². The second-order valence-electron chi connectivity index (χ2n) is 3.95. The largest absolute Gasteiger partial charge is 0.294 e. The van der Waals surface area contributed by atoms with Gasteiger partial charge in [-0.05, 0) is 6.42 Å². The third kappa shape index (κ3) is 4.05. The van der Waals surface area contributed by atoms with E-state index in [-0.39, 0.29) is 25.0 Å². The fourth-order valence-electron chi connectivity index (χ4n) is 1.49. The Morgan fingerprint density at radius 2 is 1.56 bits per heavy atom. The zero-order valence-electron chi connectivity index (χ0n) is 10.1. The summed E-state index contributed by atoms with van der Waals surface area (Å²) in [5.41, 5.74) is 0.586. The predicted molar refractivity (Wildman–Crippen MR) is 65.3 cm³/mol. The molecule has 0 aromatic heterocycles. The summed E-state index contributed by atoms with van der Waals surface area (Å²) < 4.78 is 0. The van der Waals surface area contributed by atoms with Gasteiger partial charge in [0.1, 0.15) is 0 Å². The average molecular weight is 246 g/mol. The molecule has 0 spiro atoms. The molecule has 0 unspecified atom stereocenters. The highest BCUT2D eigenvalue weighted by Crippen LogP contribution is 2.07. The highest BCUT2D eigenvalue weighted by Gasteiger charge is 2.18. The minimum absolute atomic E-state index is 0.0585. The molecule has 1 aromatic rings. The van der Waals surface area contributed by atoms with Crippen molar-refractivity contribution in [2.45, 2.75) is 26.2 Å². The van der Waals surface area contributed by atoms with Crippen LogP contribution in [0.25, 0.3) is 0 Å². The van der Waals surface area contributed by atoms with Crippen molar-refractivity contribution >= 4 is 23.1 Å². The average Bonchev–Trinajstić information content (AvgIpc) is 2.38. The Kier molecular flexibility index (Phi) is 5.11. The Bertz CT molecular complexity index is 474. The number of carbonyl (C=O) groups excluding carboxylic acids is 4. The van der Waals surface area contributed by atoms with Gasteiger partial charge in [-0.1, -0.05) is 30.3 Å². The predicted octanol–water partition coefficient (Wildman–Crippen LogP) is 1.77. The number of rotatable bonds is 7. The van der Waals surface area contributed by atoms with Crippen molar-refractivity contribution in [2.75, 3.05) is 0 Å². The van der Waals surface area contributed by atoms with Crippen molar-refractivity contribution in [3.63, 3.8) is 0 Å². The van der Waals surface area contributed by atoms with Gasteiger partial charge in [-0.2, -0.15) is 0 Å². The van der Waals surface area contributed by atoms with Crippen LogP contribution in [0.5, 0.6) is 0 Å². The lowest BCUT2D eigenvalue weighted by Crippen LogP contribution is -2.21. The van der Waals surface area contributed by atoms with Gasteiger partial charge in [-0.3, -0.25) is 19.2 Å². The first-order valence-electron chi connectivity index (χ1n) is 5.68. The Hall–Kier alpha value is -2.10. The number of ketones is 4. The van der Waals surface area contributed by atoms with E-state index in [1.54, 1.807) is 24.3 Å². The molecule has 0 N–H and O–H groups in total. The highest BCUT2D eigenvalue weighted by molar-refractivity contribution is 6.63. The van der Waals surface area contributed by atoms with Crippen LogP contribution in [0.2, 0.25) is 0 Å². The van der Waals surface area contributed by atoms with Gasteiger partial charge >= 0.3 is 0 Å². The lowest BCUT2D eigenvalue weighted by molar-refractivity contribution is -0.143. The summed E-state index contributed by atoms with van der Waals surface area (Å²) >= 11 is 0. The minimum Gasteiger partial charge on any atom is -0.294 e. The van der Waals surface area contributed by atoms with E-state index < -0.39 is 17.3 Å². The molecule has 0 aliphatic carbocycles. The van der Waals surface area contributed by atoms with Gasteiger partial charge in [0.25, 0.3) is 5.78 Å². The molecule has 4 heteroatoms. The second kappa shape index (κ2) is 6.59. The molecule has 0 saturated heterocycles. The van der Waals surface area contributed by atoms with Crippen molar-refractivity contribution in [3.8, 4) is 0 Å². The molecule has 0 saturated carbocycles. The maximum atomic E-state index is 11.7. The van der Waals surface area contributed by atoms with E-state index in [1.807, 2.05) is 6.07 Å². The maximum absolute atomic E-state index is 11.7. The molecule has 0 amide bonds. The first-order chi connectivity index (χ1) is 8.52. The number of hydrogen-bond donors (Lipinski definition) is 0. The molecule has 18 heavy (non-hydrogen) atoms. The highest BCUT2D eigenvalue weighted by atomic mass is 16.2. The Labute approximate surface area is 105 Å². The van der Waals surface area contributed by atoms with Crippen LogP contribution in [0.3, 0.4) is 0 Å². The third-order valence-corrected chi connectivity index (χ3v) is 2.48. The molecule has 0 heterocycles. The van der Waals surface area contributed by atoms with Gasteiger partial charge in [-0.15, -0.1) is 0 Å². The molecule has 0 aliphatic rings. The normalized spacial score (nSPS) is 9.83. The molecule has 4 nitrogen and oxygen atoms in total. The van der Waals surface area contributed by atoms with Gasteiger partial charge in [0.15, 0.2) is 5.78 Å². The summed E-state index contributed by atoms with van der Waals surface area (Å²) in [7, 11) is 0. The van der Waals surface area contributed by atoms with Gasteiger partial charge in [0, 0.05) is 25.3 Å². The van der Waals surface area contributed by atoms with Crippen LogP contribution in [0.15, 0.2) is 30.3 Å². The zero-order valence-corrected chi connectivity index (χ0v) is 10.1. The fourth-order valence-corrected chi connectivity index (χ4v) is 1.49. The topological polar surface area (TPSA) is 68.3 Å².